The third-order valence-corrected chi connectivity index (χ3v) is 2.65. The van der Waals surface area contributed by atoms with Gasteiger partial charge in [0.25, 0.3) is 0 Å². The molecule has 2 aromatic carbocycles. The number of fused-ring (bicyclic) bond motifs is 3. The maximum Gasteiger partial charge on any atom is 0.137 e. The Balaban J connectivity index is 2.61. The zero-order chi connectivity index (χ0) is 10.4. The third kappa shape index (κ3) is 1.11. The molecule has 74 valence electrons. The lowest BCUT2D eigenvalue weighted by Gasteiger charge is -1.97. The normalized spacial score (nSPS) is 11.3. The van der Waals surface area contributed by atoms with E-state index >= 15 is 0 Å². The number of anilines is 1. The smallest absolute Gasteiger partial charge is 0.137 e. The Morgan fingerprint density at radius 1 is 1.07 bits per heavy atom. The fourth-order valence-corrected chi connectivity index (χ4v) is 2.03. The molecular formula is C13H11NO. The van der Waals surface area contributed by atoms with Crippen molar-refractivity contribution < 1.29 is 4.42 Å². The number of nitrogen functional groups attached to an aromatic ring is 1. The Hall–Kier alpha value is -1.96. The number of para-hydroxylation sites is 1. The minimum absolute atomic E-state index is 0.787. The molecule has 0 aliphatic heterocycles. The molecule has 15 heavy (non-hydrogen) atoms. The van der Waals surface area contributed by atoms with Gasteiger partial charge in [-0.1, -0.05) is 18.2 Å². The average molecular weight is 197 g/mol. The molecule has 3 aromatic rings. The van der Waals surface area contributed by atoms with Crippen LogP contribution in [0, 0.1) is 6.92 Å². The van der Waals surface area contributed by atoms with Crippen LogP contribution >= 0.6 is 0 Å². The number of furan rings is 1. The minimum Gasteiger partial charge on any atom is -0.456 e. The Bertz CT molecular complexity index is 652. The van der Waals surface area contributed by atoms with E-state index in [0.29, 0.717) is 0 Å². The highest BCUT2D eigenvalue weighted by Crippen LogP contribution is 2.33. The molecule has 0 radical (unpaired) electrons. The van der Waals surface area contributed by atoms with Gasteiger partial charge in [0.05, 0.1) is 5.39 Å². The van der Waals surface area contributed by atoms with Crippen LogP contribution in [0.15, 0.2) is 40.8 Å². The Morgan fingerprint density at radius 2 is 1.87 bits per heavy atom. The number of rotatable bonds is 0. The van der Waals surface area contributed by atoms with Crippen molar-refractivity contribution in [1.82, 2.24) is 0 Å². The third-order valence-electron chi connectivity index (χ3n) is 2.65. The van der Waals surface area contributed by atoms with Crippen molar-refractivity contribution in [2.75, 3.05) is 5.73 Å². The van der Waals surface area contributed by atoms with Crippen LogP contribution in [-0.2, 0) is 0 Å². The molecular weight excluding hydrogens is 186 g/mol. The van der Waals surface area contributed by atoms with Gasteiger partial charge in [0.2, 0.25) is 0 Å². The summed E-state index contributed by atoms with van der Waals surface area (Å²) in [6.45, 7) is 2.02. The first-order chi connectivity index (χ1) is 7.25. The maximum absolute atomic E-state index is 6.01. The topological polar surface area (TPSA) is 39.2 Å². The second-order valence-corrected chi connectivity index (χ2v) is 3.83. The highest BCUT2D eigenvalue weighted by Gasteiger charge is 2.09. The number of hydrogen-bond donors (Lipinski definition) is 1. The molecule has 3 rings (SSSR count). The van der Waals surface area contributed by atoms with Crippen molar-refractivity contribution >= 4 is 27.6 Å². The lowest BCUT2D eigenvalue weighted by Crippen LogP contribution is -1.86. The molecule has 0 saturated carbocycles. The molecule has 0 fully saturated rings. The van der Waals surface area contributed by atoms with Crippen LogP contribution in [0.4, 0.5) is 5.69 Å². The van der Waals surface area contributed by atoms with Crippen LogP contribution in [0.1, 0.15) is 5.56 Å². The molecule has 0 bridgehead atoms. The van der Waals surface area contributed by atoms with Gasteiger partial charge in [0, 0.05) is 11.1 Å². The van der Waals surface area contributed by atoms with Gasteiger partial charge in [-0.25, -0.2) is 0 Å². The van der Waals surface area contributed by atoms with Crippen molar-refractivity contribution in [3.63, 3.8) is 0 Å². The lowest BCUT2D eigenvalue weighted by atomic mass is 10.1. The second kappa shape index (κ2) is 2.76. The van der Waals surface area contributed by atoms with E-state index in [2.05, 4.69) is 0 Å². The van der Waals surface area contributed by atoms with Gasteiger partial charge < -0.3 is 10.2 Å². The van der Waals surface area contributed by atoms with Crippen molar-refractivity contribution in [3.05, 3.63) is 42.0 Å². The molecule has 0 amide bonds. The number of benzene rings is 2. The van der Waals surface area contributed by atoms with E-state index in [4.69, 9.17) is 10.2 Å². The summed E-state index contributed by atoms with van der Waals surface area (Å²) < 4.78 is 5.73. The minimum atomic E-state index is 0.787. The zero-order valence-corrected chi connectivity index (χ0v) is 8.45. The Kier molecular flexibility index (Phi) is 1.54. The molecule has 2 nitrogen and oxygen atoms in total. The highest BCUT2D eigenvalue weighted by molar-refractivity contribution is 6.11. The molecule has 2 heteroatoms. The first-order valence-electron chi connectivity index (χ1n) is 4.93. The highest BCUT2D eigenvalue weighted by atomic mass is 16.3. The van der Waals surface area contributed by atoms with E-state index in [9.17, 15) is 0 Å². The number of hydrogen-bond acceptors (Lipinski definition) is 2. The quantitative estimate of drug-likeness (QED) is 0.560. The van der Waals surface area contributed by atoms with Gasteiger partial charge in [-0.15, -0.1) is 0 Å². The lowest BCUT2D eigenvalue weighted by molar-refractivity contribution is 0.668. The van der Waals surface area contributed by atoms with Crippen molar-refractivity contribution in [3.8, 4) is 0 Å². The summed E-state index contributed by atoms with van der Waals surface area (Å²) in [5.41, 5.74) is 9.68. The van der Waals surface area contributed by atoms with Crippen molar-refractivity contribution in [1.29, 1.82) is 0 Å². The van der Waals surface area contributed by atoms with Crippen LogP contribution in [-0.4, -0.2) is 0 Å². The molecule has 1 heterocycles. The summed E-state index contributed by atoms with van der Waals surface area (Å²) in [4.78, 5) is 0. The molecule has 0 spiro atoms. The molecule has 0 saturated heterocycles. The van der Waals surface area contributed by atoms with Crippen LogP contribution < -0.4 is 5.73 Å². The Morgan fingerprint density at radius 3 is 2.73 bits per heavy atom. The zero-order valence-electron chi connectivity index (χ0n) is 8.45. The van der Waals surface area contributed by atoms with E-state index in [-0.39, 0.29) is 0 Å². The van der Waals surface area contributed by atoms with Crippen LogP contribution in [0.3, 0.4) is 0 Å². The second-order valence-electron chi connectivity index (χ2n) is 3.83. The van der Waals surface area contributed by atoms with Gasteiger partial charge >= 0.3 is 0 Å². The largest absolute Gasteiger partial charge is 0.456 e. The Labute approximate surface area is 87.3 Å². The van der Waals surface area contributed by atoms with E-state index in [1.54, 1.807) is 0 Å². The van der Waals surface area contributed by atoms with Crippen molar-refractivity contribution in [2.45, 2.75) is 6.92 Å². The standard InChI is InChI=1S/C13H11NO/c1-8-6-10(14)13-9-4-2-3-5-11(9)15-12(13)7-8/h2-7H,14H2,1H3. The SMILES string of the molecule is Cc1cc(N)c2c(c1)oc1ccccc12. The first kappa shape index (κ1) is 8.36. The van der Waals surface area contributed by atoms with Crippen molar-refractivity contribution in [2.24, 2.45) is 0 Å². The van der Waals surface area contributed by atoms with Gasteiger partial charge in [-0.2, -0.15) is 0 Å². The molecule has 1 aromatic heterocycles. The molecule has 0 unspecified atom stereocenters. The van der Waals surface area contributed by atoms with Crippen LogP contribution in [0.2, 0.25) is 0 Å². The van der Waals surface area contributed by atoms with Gasteiger partial charge in [0.1, 0.15) is 11.2 Å². The predicted molar refractivity (Wildman–Crippen MR) is 62.9 cm³/mol. The van der Waals surface area contributed by atoms with E-state index < -0.39 is 0 Å². The summed E-state index contributed by atoms with van der Waals surface area (Å²) in [5, 5.41) is 2.11. The summed E-state index contributed by atoms with van der Waals surface area (Å²) in [5.74, 6) is 0. The predicted octanol–water partition coefficient (Wildman–Crippen LogP) is 3.48. The number of aryl methyl sites for hydroxylation is 1. The summed E-state index contributed by atoms with van der Waals surface area (Å²) >= 11 is 0. The van der Waals surface area contributed by atoms with Gasteiger partial charge in [-0.05, 0) is 30.7 Å². The molecule has 0 aliphatic rings. The van der Waals surface area contributed by atoms with E-state index in [0.717, 1.165) is 33.2 Å². The average Bonchev–Trinajstić information content (AvgIpc) is 2.54. The molecule has 0 atom stereocenters. The van der Waals surface area contributed by atoms with Gasteiger partial charge in [0.15, 0.2) is 0 Å². The maximum atomic E-state index is 6.01. The fourth-order valence-electron chi connectivity index (χ4n) is 2.03. The fraction of sp³-hybridized carbons (Fsp3) is 0.0769. The monoisotopic (exact) mass is 197 g/mol. The van der Waals surface area contributed by atoms with Crippen LogP contribution in [0.5, 0.6) is 0 Å². The van der Waals surface area contributed by atoms with Gasteiger partial charge in [-0.3, -0.25) is 0 Å². The summed E-state index contributed by atoms with van der Waals surface area (Å²) in [6, 6.07) is 12.0. The molecule has 2 N–H and O–H groups in total. The van der Waals surface area contributed by atoms with Crippen LogP contribution in [0.25, 0.3) is 21.9 Å². The molecule has 0 aliphatic carbocycles. The summed E-state index contributed by atoms with van der Waals surface area (Å²) in [6.07, 6.45) is 0. The number of nitrogens with two attached hydrogens (primary N) is 1. The first-order valence-corrected chi connectivity index (χ1v) is 4.93. The van der Waals surface area contributed by atoms with E-state index in [1.807, 2.05) is 43.3 Å². The summed E-state index contributed by atoms with van der Waals surface area (Å²) in [7, 11) is 0. The van der Waals surface area contributed by atoms with E-state index in [1.165, 1.54) is 0 Å².